The summed E-state index contributed by atoms with van der Waals surface area (Å²) in [6.07, 6.45) is 1.70. The molecule has 0 aliphatic heterocycles. The van der Waals surface area contributed by atoms with Gasteiger partial charge in [-0.05, 0) is 63.9 Å². The first-order chi connectivity index (χ1) is 15.2. The van der Waals surface area contributed by atoms with Crippen molar-refractivity contribution in [1.82, 2.24) is 5.43 Å². The molecule has 0 spiro atoms. The maximum absolute atomic E-state index is 12.9. The van der Waals surface area contributed by atoms with E-state index in [4.69, 9.17) is 4.74 Å². The first kappa shape index (κ1) is 20.3. The molecular weight excluding hydrogens is 391 g/mol. The van der Waals surface area contributed by atoms with Crippen molar-refractivity contribution in [3.05, 3.63) is 114 Å². The maximum atomic E-state index is 12.9. The smallest absolute Gasteiger partial charge is 0.244 e. The van der Waals surface area contributed by atoms with Crippen molar-refractivity contribution in [2.24, 2.45) is 5.10 Å². The summed E-state index contributed by atoms with van der Waals surface area (Å²) in [6.45, 7) is 0.480. The number of fused-ring (bicyclic) bond motifs is 1. The number of hydrazone groups is 1. The average Bonchev–Trinajstić information content (AvgIpc) is 2.80. The van der Waals surface area contributed by atoms with E-state index in [-0.39, 0.29) is 18.1 Å². The van der Waals surface area contributed by atoms with Gasteiger partial charge in [-0.15, -0.1) is 0 Å². The van der Waals surface area contributed by atoms with Crippen molar-refractivity contribution in [2.45, 2.75) is 13.0 Å². The highest BCUT2D eigenvalue weighted by atomic mass is 19.1. The van der Waals surface area contributed by atoms with Crippen LogP contribution in [0, 0.1) is 5.82 Å². The van der Waals surface area contributed by atoms with Crippen LogP contribution in [-0.2, 0) is 17.8 Å². The van der Waals surface area contributed by atoms with Gasteiger partial charge in [0.25, 0.3) is 0 Å². The van der Waals surface area contributed by atoms with Crippen LogP contribution in [0.4, 0.5) is 4.39 Å². The van der Waals surface area contributed by atoms with Crippen molar-refractivity contribution in [3.63, 3.8) is 0 Å². The van der Waals surface area contributed by atoms with Gasteiger partial charge in [-0.25, -0.2) is 9.82 Å². The molecule has 0 atom stereocenters. The molecule has 1 N–H and O–H groups in total. The van der Waals surface area contributed by atoms with Gasteiger partial charge in [0, 0.05) is 0 Å². The van der Waals surface area contributed by atoms with Crippen molar-refractivity contribution < 1.29 is 13.9 Å². The molecule has 0 radical (unpaired) electrons. The SMILES string of the molecule is O=C(Cc1ccc(F)cc1)N/N=C/c1ccc(OCc2cccc3ccccc23)cc1. The third kappa shape index (κ3) is 5.54. The van der Waals surface area contributed by atoms with E-state index in [9.17, 15) is 9.18 Å². The van der Waals surface area contributed by atoms with Crippen molar-refractivity contribution in [3.8, 4) is 5.75 Å². The number of nitrogens with one attached hydrogen (secondary N) is 1. The number of nitrogens with zero attached hydrogens (tertiary/aromatic N) is 1. The Hall–Kier alpha value is -3.99. The maximum Gasteiger partial charge on any atom is 0.244 e. The number of hydrogen-bond acceptors (Lipinski definition) is 3. The molecule has 0 aliphatic rings. The summed E-state index contributed by atoms with van der Waals surface area (Å²) in [5.74, 6) is 0.162. The number of benzene rings is 4. The lowest BCUT2D eigenvalue weighted by molar-refractivity contribution is -0.120. The van der Waals surface area contributed by atoms with E-state index in [0.717, 1.165) is 22.4 Å². The number of rotatable bonds is 7. The van der Waals surface area contributed by atoms with Gasteiger partial charge in [0.05, 0.1) is 12.6 Å². The Morgan fingerprint density at radius 2 is 1.65 bits per heavy atom. The molecule has 4 rings (SSSR count). The summed E-state index contributed by atoms with van der Waals surface area (Å²) in [4.78, 5) is 11.9. The Balaban J connectivity index is 1.29. The van der Waals surface area contributed by atoms with Gasteiger partial charge in [0.15, 0.2) is 0 Å². The van der Waals surface area contributed by atoms with Crippen LogP contribution in [0.25, 0.3) is 10.8 Å². The Bertz CT molecular complexity index is 1200. The zero-order valence-electron chi connectivity index (χ0n) is 16.8. The molecule has 0 bridgehead atoms. The number of carbonyl (C=O) groups excluding carboxylic acids is 1. The summed E-state index contributed by atoms with van der Waals surface area (Å²) in [7, 11) is 0. The Labute approximate surface area is 180 Å². The molecule has 4 nitrogen and oxygen atoms in total. The molecule has 0 fully saturated rings. The minimum atomic E-state index is -0.327. The fraction of sp³-hybridized carbons (Fsp3) is 0.0769. The van der Waals surface area contributed by atoms with Gasteiger partial charge in [0.1, 0.15) is 18.2 Å². The minimum absolute atomic E-state index is 0.137. The minimum Gasteiger partial charge on any atom is -0.489 e. The van der Waals surface area contributed by atoms with Gasteiger partial charge in [0.2, 0.25) is 5.91 Å². The second-order valence-corrected chi connectivity index (χ2v) is 7.09. The van der Waals surface area contributed by atoms with Gasteiger partial charge in [-0.2, -0.15) is 5.10 Å². The molecule has 0 saturated carbocycles. The van der Waals surface area contributed by atoms with Gasteiger partial charge in [-0.3, -0.25) is 4.79 Å². The molecule has 0 aliphatic carbocycles. The largest absolute Gasteiger partial charge is 0.489 e. The van der Waals surface area contributed by atoms with Crippen LogP contribution in [0.5, 0.6) is 5.75 Å². The molecule has 154 valence electrons. The van der Waals surface area contributed by atoms with E-state index in [1.165, 1.54) is 22.9 Å². The standard InChI is InChI=1S/C26H21FN2O2/c27-23-12-8-19(9-13-23)16-26(30)29-28-17-20-10-14-24(15-11-20)31-18-22-6-3-5-21-4-1-2-7-25(21)22/h1-15,17H,16,18H2,(H,29,30)/b28-17+. The van der Waals surface area contributed by atoms with E-state index in [2.05, 4.69) is 34.8 Å². The van der Waals surface area contributed by atoms with E-state index in [0.29, 0.717) is 6.61 Å². The first-order valence-electron chi connectivity index (χ1n) is 9.93. The van der Waals surface area contributed by atoms with E-state index < -0.39 is 0 Å². The highest BCUT2D eigenvalue weighted by Gasteiger charge is 2.03. The predicted octanol–water partition coefficient (Wildman–Crippen LogP) is 5.25. The fourth-order valence-corrected chi connectivity index (χ4v) is 3.24. The number of amides is 1. The molecule has 0 unspecified atom stereocenters. The molecule has 31 heavy (non-hydrogen) atoms. The first-order valence-corrected chi connectivity index (χ1v) is 9.93. The van der Waals surface area contributed by atoms with Crippen LogP contribution >= 0.6 is 0 Å². The predicted molar refractivity (Wildman–Crippen MR) is 121 cm³/mol. The lowest BCUT2D eigenvalue weighted by atomic mass is 10.1. The number of hydrogen-bond donors (Lipinski definition) is 1. The molecule has 0 heterocycles. The van der Waals surface area contributed by atoms with E-state index in [1.807, 2.05) is 42.5 Å². The van der Waals surface area contributed by atoms with Crippen LogP contribution in [0.1, 0.15) is 16.7 Å². The van der Waals surface area contributed by atoms with Gasteiger partial charge >= 0.3 is 0 Å². The van der Waals surface area contributed by atoms with Crippen molar-refractivity contribution in [2.75, 3.05) is 0 Å². The Morgan fingerprint density at radius 3 is 2.45 bits per heavy atom. The van der Waals surface area contributed by atoms with Crippen LogP contribution in [0.15, 0.2) is 96.1 Å². The number of ether oxygens (including phenoxy) is 1. The monoisotopic (exact) mass is 412 g/mol. The molecule has 0 saturated heterocycles. The quantitative estimate of drug-likeness (QED) is 0.333. The van der Waals surface area contributed by atoms with Crippen molar-refractivity contribution >= 4 is 22.9 Å². The molecule has 4 aromatic rings. The van der Waals surface area contributed by atoms with Crippen LogP contribution in [0.2, 0.25) is 0 Å². The van der Waals surface area contributed by atoms with Crippen LogP contribution < -0.4 is 10.2 Å². The summed E-state index contributed by atoms with van der Waals surface area (Å²) < 4.78 is 18.8. The van der Waals surface area contributed by atoms with E-state index in [1.54, 1.807) is 18.3 Å². The van der Waals surface area contributed by atoms with Crippen LogP contribution in [-0.4, -0.2) is 12.1 Å². The molecule has 4 aromatic carbocycles. The molecule has 0 aromatic heterocycles. The third-order valence-electron chi connectivity index (χ3n) is 4.84. The Morgan fingerprint density at radius 1 is 0.903 bits per heavy atom. The lowest BCUT2D eigenvalue weighted by Crippen LogP contribution is -2.19. The zero-order valence-corrected chi connectivity index (χ0v) is 16.8. The molecule has 5 heteroatoms. The van der Waals surface area contributed by atoms with Gasteiger partial charge < -0.3 is 4.74 Å². The fourth-order valence-electron chi connectivity index (χ4n) is 3.24. The summed E-state index contributed by atoms with van der Waals surface area (Å²) >= 11 is 0. The Kier molecular flexibility index (Phi) is 6.33. The summed E-state index contributed by atoms with van der Waals surface area (Å²) in [6, 6.07) is 27.7. The topological polar surface area (TPSA) is 50.7 Å². The van der Waals surface area contributed by atoms with Gasteiger partial charge in [-0.1, -0.05) is 54.6 Å². The molecular formula is C26H21FN2O2. The highest BCUT2D eigenvalue weighted by Crippen LogP contribution is 2.20. The second kappa shape index (κ2) is 9.67. The lowest BCUT2D eigenvalue weighted by Gasteiger charge is -2.09. The third-order valence-corrected chi connectivity index (χ3v) is 4.84. The average molecular weight is 412 g/mol. The number of carbonyl (C=O) groups is 1. The highest BCUT2D eigenvalue weighted by molar-refractivity contribution is 5.85. The summed E-state index contributed by atoms with van der Waals surface area (Å²) in [5, 5.41) is 6.35. The van der Waals surface area contributed by atoms with E-state index >= 15 is 0 Å². The second-order valence-electron chi connectivity index (χ2n) is 7.09. The number of halogens is 1. The normalized spacial score (nSPS) is 11.0. The molecule has 1 amide bonds. The van der Waals surface area contributed by atoms with Crippen molar-refractivity contribution in [1.29, 1.82) is 0 Å². The summed E-state index contributed by atoms with van der Waals surface area (Å²) in [5.41, 5.74) is 5.17. The van der Waals surface area contributed by atoms with Crippen LogP contribution in [0.3, 0.4) is 0 Å². The zero-order chi connectivity index (χ0) is 21.5.